The van der Waals surface area contributed by atoms with Crippen molar-refractivity contribution in [1.29, 1.82) is 0 Å². The van der Waals surface area contributed by atoms with Crippen molar-refractivity contribution in [1.82, 2.24) is 5.43 Å². The molecule has 172 valence electrons. The molecule has 1 amide bonds. The first-order chi connectivity index (χ1) is 15.6. The van der Waals surface area contributed by atoms with Crippen LogP contribution in [0.25, 0.3) is 0 Å². The third-order valence-electron chi connectivity index (χ3n) is 5.33. The van der Waals surface area contributed by atoms with E-state index in [1.807, 2.05) is 51.1 Å². The lowest BCUT2D eigenvalue weighted by molar-refractivity contribution is -0.119. The number of hydrazone groups is 1. The number of halogens is 1. The fraction of sp³-hybridized carbons (Fsp3) is 0.200. The molecule has 3 aromatic rings. The summed E-state index contributed by atoms with van der Waals surface area (Å²) >= 11 is 3.41. The van der Waals surface area contributed by atoms with E-state index in [1.165, 1.54) is 0 Å². The number of amides is 1. The number of sulfonamides is 1. The van der Waals surface area contributed by atoms with E-state index < -0.39 is 22.5 Å². The maximum Gasteiger partial charge on any atom is 0.264 e. The zero-order valence-electron chi connectivity index (χ0n) is 19.0. The van der Waals surface area contributed by atoms with Crippen molar-refractivity contribution in [3.63, 3.8) is 0 Å². The Labute approximate surface area is 203 Å². The van der Waals surface area contributed by atoms with Crippen LogP contribution in [0.15, 0.2) is 81.2 Å². The molecular formula is C25H26BrN3O3S. The summed E-state index contributed by atoms with van der Waals surface area (Å²) in [5.74, 6) is -0.541. The van der Waals surface area contributed by atoms with Crippen molar-refractivity contribution in [3.8, 4) is 0 Å². The molecule has 0 aliphatic rings. The Bertz CT molecular complexity index is 1300. The third-order valence-corrected chi connectivity index (χ3v) is 7.60. The average Bonchev–Trinajstić information content (AvgIpc) is 2.78. The topological polar surface area (TPSA) is 78.8 Å². The molecule has 0 aromatic heterocycles. The summed E-state index contributed by atoms with van der Waals surface area (Å²) in [6.45, 7) is 7.00. The van der Waals surface area contributed by atoms with Gasteiger partial charge in [-0.1, -0.05) is 57.9 Å². The molecular weight excluding hydrogens is 502 g/mol. The Morgan fingerprint density at radius 2 is 1.67 bits per heavy atom. The summed E-state index contributed by atoms with van der Waals surface area (Å²) in [6.07, 6.45) is 0. The summed E-state index contributed by atoms with van der Waals surface area (Å²) in [7, 11) is -3.98. The minimum absolute atomic E-state index is 0.121. The fourth-order valence-corrected chi connectivity index (χ4v) is 5.11. The number of hydrogen-bond acceptors (Lipinski definition) is 4. The van der Waals surface area contributed by atoms with Gasteiger partial charge in [0.25, 0.3) is 15.9 Å². The van der Waals surface area contributed by atoms with Gasteiger partial charge in [0, 0.05) is 4.47 Å². The predicted octanol–water partition coefficient (Wildman–Crippen LogP) is 5.11. The van der Waals surface area contributed by atoms with Crippen LogP contribution < -0.4 is 9.73 Å². The normalized spacial score (nSPS) is 11.8. The number of carbonyl (C=O) groups is 1. The van der Waals surface area contributed by atoms with Crippen molar-refractivity contribution in [3.05, 3.63) is 93.5 Å². The molecule has 0 radical (unpaired) electrons. The fourth-order valence-electron chi connectivity index (χ4n) is 3.23. The Balaban J connectivity index is 1.93. The minimum atomic E-state index is -3.98. The zero-order chi connectivity index (χ0) is 24.2. The first-order valence-electron chi connectivity index (χ1n) is 10.3. The highest BCUT2D eigenvalue weighted by Gasteiger charge is 2.28. The molecule has 3 rings (SSSR count). The SMILES string of the molecule is C/C(=N/NC(=O)CN(c1cccc(C)c1C)S(=O)(=O)c1ccc(C)cc1)c1cccc(Br)c1. The van der Waals surface area contributed by atoms with E-state index in [1.54, 1.807) is 43.3 Å². The molecule has 1 N–H and O–H groups in total. The summed E-state index contributed by atoms with van der Waals surface area (Å²) in [5, 5.41) is 4.16. The Kier molecular flexibility index (Phi) is 7.71. The van der Waals surface area contributed by atoms with Crippen LogP contribution >= 0.6 is 15.9 Å². The van der Waals surface area contributed by atoms with Gasteiger partial charge in [-0.25, -0.2) is 13.8 Å². The molecule has 0 fully saturated rings. The van der Waals surface area contributed by atoms with E-state index in [0.717, 1.165) is 31.0 Å². The summed E-state index contributed by atoms with van der Waals surface area (Å²) in [6, 6.07) is 19.5. The van der Waals surface area contributed by atoms with E-state index in [0.29, 0.717) is 11.4 Å². The lowest BCUT2D eigenvalue weighted by Gasteiger charge is -2.26. The van der Waals surface area contributed by atoms with E-state index in [4.69, 9.17) is 0 Å². The molecule has 0 unspecified atom stereocenters. The number of aryl methyl sites for hydroxylation is 2. The highest BCUT2D eigenvalue weighted by Crippen LogP contribution is 2.28. The van der Waals surface area contributed by atoms with Crippen LogP contribution in [-0.4, -0.2) is 26.6 Å². The van der Waals surface area contributed by atoms with Crippen LogP contribution in [0.1, 0.15) is 29.2 Å². The number of benzene rings is 3. The number of anilines is 1. The van der Waals surface area contributed by atoms with E-state index in [-0.39, 0.29) is 4.90 Å². The Morgan fingerprint density at radius 1 is 1.00 bits per heavy atom. The lowest BCUT2D eigenvalue weighted by atomic mass is 10.1. The number of carbonyl (C=O) groups excluding carboxylic acids is 1. The Hall–Kier alpha value is -2.97. The molecule has 0 saturated carbocycles. The second kappa shape index (κ2) is 10.3. The molecule has 0 atom stereocenters. The quantitative estimate of drug-likeness (QED) is 0.342. The minimum Gasteiger partial charge on any atom is -0.271 e. The van der Waals surface area contributed by atoms with Gasteiger partial charge in [-0.2, -0.15) is 5.10 Å². The van der Waals surface area contributed by atoms with Crippen LogP contribution in [-0.2, 0) is 14.8 Å². The maximum absolute atomic E-state index is 13.5. The molecule has 0 aliphatic heterocycles. The number of hydrogen-bond donors (Lipinski definition) is 1. The van der Waals surface area contributed by atoms with Gasteiger partial charge in [-0.05, 0) is 74.7 Å². The van der Waals surface area contributed by atoms with Crippen LogP contribution in [0.4, 0.5) is 5.69 Å². The van der Waals surface area contributed by atoms with Gasteiger partial charge in [0.05, 0.1) is 16.3 Å². The molecule has 8 heteroatoms. The predicted molar refractivity (Wildman–Crippen MR) is 136 cm³/mol. The largest absolute Gasteiger partial charge is 0.271 e. The summed E-state index contributed by atoms with van der Waals surface area (Å²) in [5.41, 5.74) is 7.05. The lowest BCUT2D eigenvalue weighted by Crippen LogP contribution is -2.40. The molecule has 6 nitrogen and oxygen atoms in total. The maximum atomic E-state index is 13.5. The van der Waals surface area contributed by atoms with Crippen molar-refractivity contribution >= 4 is 43.3 Å². The highest BCUT2D eigenvalue weighted by atomic mass is 79.9. The van der Waals surface area contributed by atoms with Crippen LogP contribution in [0.3, 0.4) is 0 Å². The molecule has 0 spiro atoms. The summed E-state index contributed by atoms with van der Waals surface area (Å²) in [4.78, 5) is 12.9. The zero-order valence-corrected chi connectivity index (χ0v) is 21.4. The highest BCUT2D eigenvalue weighted by molar-refractivity contribution is 9.10. The van der Waals surface area contributed by atoms with Crippen molar-refractivity contribution in [2.75, 3.05) is 10.8 Å². The van der Waals surface area contributed by atoms with Crippen molar-refractivity contribution < 1.29 is 13.2 Å². The molecule has 3 aromatic carbocycles. The Morgan fingerprint density at radius 3 is 2.33 bits per heavy atom. The van der Waals surface area contributed by atoms with E-state index in [9.17, 15) is 13.2 Å². The average molecular weight is 528 g/mol. The van der Waals surface area contributed by atoms with Gasteiger partial charge in [0.15, 0.2) is 0 Å². The van der Waals surface area contributed by atoms with Crippen molar-refractivity contribution in [2.24, 2.45) is 5.10 Å². The van der Waals surface area contributed by atoms with Crippen LogP contribution in [0.5, 0.6) is 0 Å². The number of nitrogens with one attached hydrogen (secondary N) is 1. The number of rotatable bonds is 7. The van der Waals surface area contributed by atoms with Gasteiger partial charge in [-0.3, -0.25) is 9.10 Å². The van der Waals surface area contributed by atoms with E-state index in [2.05, 4.69) is 26.5 Å². The monoisotopic (exact) mass is 527 g/mol. The first kappa shape index (κ1) is 24.7. The van der Waals surface area contributed by atoms with Gasteiger partial charge in [-0.15, -0.1) is 0 Å². The van der Waals surface area contributed by atoms with Gasteiger partial charge >= 0.3 is 0 Å². The smallest absolute Gasteiger partial charge is 0.264 e. The standard InChI is InChI=1S/C25H26BrN3O3S/c1-17-11-13-23(14-12-17)33(31,32)29(24-10-5-7-18(2)19(24)3)16-25(30)28-27-20(4)21-8-6-9-22(26)15-21/h5-15H,16H2,1-4H3,(H,28,30)/b27-20-. The second-order valence-electron chi connectivity index (χ2n) is 7.79. The van der Waals surface area contributed by atoms with E-state index >= 15 is 0 Å². The van der Waals surface area contributed by atoms with Crippen LogP contribution in [0, 0.1) is 20.8 Å². The molecule has 0 bridgehead atoms. The third kappa shape index (κ3) is 5.89. The molecule has 33 heavy (non-hydrogen) atoms. The summed E-state index contributed by atoms with van der Waals surface area (Å²) < 4.78 is 29.1. The first-order valence-corrected chi connectivity index (χ1v) is 12.6. The molecule has 0 saturated heterocycles. The van der Waals surface area contributed by atoms with Gasteiger partial charge < -0.3 is 0 Å². The van der Waals surface area contributed by atoms with Gasteiger partial charge in [0.1, 0.15) is 6.54 Å². The number of nitrogens with zero attached hydrogens (tertiary/aromatic N) is 2. The molecule has 0 heterocycles. The van der Waals surface area contributed by atoms with Gasteiger partial charge in [0.2, 0.25) is 0 Å². The molecule has 0 aliphatic carbocycles. The van der Waals surface area contributed by atoms with Crippen LogP contribution in [0.2, 0.25) is 0 Å². The second-order valence-corrected chi connectivity index (χ2v) is 10.6. The van der Waals surface area contributed by atoms with Crippen molar-refractivity contribution in [2.45, 2.75) is 32.6 Å².